The van der Waals surface area contributed by atoms with Crippen molar-refractivity contribution in [3.05, 3.63) is 23.8 Å². The van der Waals surface area contributed by atoms with Crippen molar-refractivity contribution in [3.8, 4) is 0 Å². The second-order valence-corrected chi connectivity index (χ2v) is 6.80. The number of nitrogens with zero attached hydrogens (tertiary/aromatic N) is 1. The summed E-state index contributed by atoms with van der Waals surface area (Å²) < 4.78 is 13.7. The lowest BCUT2D eigenvalue weighted by Gasteiger charge is -2.35. The molecule has 0 aromatic rings. The summed E-state index contributed by atoms with van der Waals surface area (Å²) in [6, 6.07) is 0.374. The zero-order valence-corrected chi connectivity index (χ0v) is 14.6. The predicted molar refractivity (Wildman–Crippen MR) is 96.7 cm³/mol. The Kier molecular flexibility index (Phi) is 7.44. The maximum atomic E-state index is 13.7. The van der Waals surface area contributed by atoms with E-state index in [-0.39, 0.29) is 5.92 Å². The first-order chi connectivity index (χ1) is 11.2. The van der Waals surface area contributed by atoms with Gasteiger partial charge in [0.05, 0.1) is 0 Å². The van der Waals surface area contributed by atoms with Crippen molar-refractivity contribution in [2.45, 2.75) is 58.2 Å². The number of allylic oxidation sites excluding steroid dienone is 1. The Morgan fingerprint density at radius 3 is 2.96 bits per heavy atom. The smallest absolute Gasteiger partial charge is 0.121 e. The zero-order valence-electron chi connectivity index (χ0n) is 14.6. The lowest BCUT2D eigenvalue weighted by molar-refractivity contribution is 0.232. The van der Waals surface area contributed by atoms with Gasteiger partial charge in [0, 0.05) is 24.8 Å². The summed E-state index contributed by atoms with van der Waals surface area (Å²) >= 11 is 0. The molecule has 2 aliphatic rings. The molecule has 0 aromatic heterocycles. The lowest BCUT2D eigenvalue weighted by atomic mass is 9.78. The Hall–Kier alpha value is -1.00. The van der Waals surface area contributed by atoms with Crippen LogP contribution in [0.4, 0.5) is 4.39 Å². The second kappa shape index (κ2) is 9.33. The zero-order chi connectivity index (χ0) is 16.7. The van der Waals surface area contributed by atoms with Crippen LogP contribution in [0.15, 0.2) is 28.8 Å². The summed E-state index contributed by atoms with van der Waals surface area (Å²) in [7, 11) is 0. The van der Waals surface area contributed by atoms with E-state index >= 15 is 0 Å². The average molecular weight is 321 g/mol. The summed E-state index contributed by atoms with van der Waals surface area (Å²) in [5.41, 5.74) is 8.36. The largest absolute Gasteiger partial charge is 0.326 e. The maximum absolute atomic E-state index is 13.7. The van der Waals surface area contributed by atoms with Crippen LogP contribution in [-0.2, 0) is 0 Å². The van der Waals surface area contributed by atoms with Crippen molar-refractivity contribution in [1.29, 1.82) is 0 Å². The minimum Gasteiger partial charge on any atom is -0.326 e. The maximum Gasteiger partial charge on any atom is 0.121 e. The van der Waals surface area contributed by atoms with Crippen LogP contribution in [0.5, 0.6) is 0 Å². The summed E-state index contributed by atoms with van der Waals surface area (Å²) in [6.07, 6.45) is 10.6. The minimum absolute atomic E-state index is 0.121. The predicted octanol–water partition coefficient (Wildman–Crippen LogP) is 3.41. The van der Waals surface area contributed by atoms with Gasteiger partial charge in [-0.15, -0.1) is 0 Å². The molecule has 0 bridgehead atoms. The molecule has 1 heterocycles. The van der Waals surface area contributed by atoms with Crippen LogP contribution in [0, 0.1) is 11.8 Å². The van der Waals surface area contributed by atoms with E-state index in [1.807, 2.05) is 13.8 Å². The van der Waals surface area contributed by atoms with Gasteiger partial charge in [-0.05, 0) is 57.4 Å². The summed E-state index contributed by atoms with van der Waals surface area (Å²) in [6.45, 7) is 6.47. The number of rotatable bonds is 7. The van der Waals surface area contributed by atoms with E-state index in [0.717, 1.165) is 50.9 Å². The number of halogens is 1. The fraction of sp³-hybridized carbons (Fsp3) is 0.737. The van der Waals surface area contributed by atoms with Gasteiger partial charge in [0.15, 0.2) is 0 Å². The molecular formula is C19H32FN3. The highest BCUT2D eigenvalue weighted by atomic mass is 19.1. The molecule has 130 valence electrons. The van der Waals surface area contributed by atoms with Crippen molar-refractivity contribution < 1.29 is 4.39 Å². The molecule has 3 nitrogen and oxygen atoms in total. The van der Waals surface area contributed by atoms with E-state index in [1.54, 1.807) is 6.08 Å². The highest BCUT2D eigenvalue weighted by molar-refractivity contribution is 5.86. The van der Waals surface area contributed by atoms with Gasteiger partial charge in [-0.2, -0.15) is 0 Å². The number of aliphatic imine (C=N–C) groups is 1. The Morgan fingerprint density at radius 1 is 1.43 bits per heavy atom. The van der Waals surface area contributed by atoms with Crippen LogP contribution < -0.4 is 11.1 Å². The van der Waals surface area contributed by atoms with Crippen LogP contribution in [0.3, 0.4) is 0 Å². The lowest BCUT2D eigenvalue weighted by Crippen LogP contribution is -2.42. The van der Waals surface area contributed by atoms with Crippen molar-refractivity contribution in [2.75, 3.05) is 19.6 Å². The fourth-order valence-corrected chi connectivity index (χ4v) is 3.73. The molecular weight excluding hydrogens is 289 g/mol. The molecule has 4 atom stereocenters. The van der Waals surface area contributed by atoms with Crippen molar-refractivity contribution in [2.24, 2.45) is 22.6 Å². The van der Waals surface area contributed by atoms with Gasteiger partial charge in [-0.3, -0.25) is 4.99 Å². The van der Waals surface area contributed by atoms with Crippen LogP contribution in [-0.4, -0.2) is 37.6 Å². The molecule has 0 amide bonds. The van der Waals surface area contributed by atoms with Gasteiger partial charge in [-0.1, -0.05) is 30.7 Å². The van der Waals surface area contributed by atoms with Crippen molar-refractivity contribution >= 4 is 5.71 Å². The van der Waals surface area contributed by atoms with Gasteiger partial charge < -0.3 is 11.1 Å². The summed E-state index contributed by atoms with van der Waals surface area (Å²) in [5, 5.41) is 3.65. The SMILES string of the molecule is CCN=C(CN)CCCC1=CCCNC1C1C=CC(F)C(C)C1. The third-order valence-corrected chi connectivity index (χ3v) is 5.02. The van der Waals surface area contributed by atoms with Crippen molar-refractivity contribution in [1.82, 2.24) is 5.32 Å². The molecule has 2 rings (SSSR count). The number of nitrogens with one attached hydrogen (secondary N) is 1. The van der Waals surface area contributed by atoms with Crippen LogP contribution in [0.25, 0.3) is 0 Å². The van der Waals surface area contributed by atoms with Crippen LogP contribution in [0.1, 0.15) is 46.0 Å². The Bertz CT molecular complexity index is 456. The molecule has 23 heavy (non-hydrogen) atoms. The number of hydrogen-bond acceptors (Lipinski definition) is 3. The van der Waals surface area contributed by atoms with Gasteiger partial charge in [0.2, 0.25) is 0 Å². The summed E-state index contributed by atoms with van der Waals surface area (Å²) in [5.74, 6) is 0.539. The van der Waals surface area contributed by atoms with Gasteiger partial charge in [0.1, 0.15) is 6.17 Å². The molecule has 4 unspecified atom stereocenters. The molecule has 3 N–H and O–H groups in total. The highest BCUT2D eigenvalue weighted by Crippen LogP contribution is 2.32. The summed E-state index contributed by atoms with van der Waals surface area (Å²) in [4.78, 5) is 4.46. The van der Waals surface area contributed by atoms with Gasteiger partial charge in [-0.25, -0.2) is 4.39 Å². The van der Waals surface area contributed by atoms with Crippen LogP contribution >= 0.6 is 0 Å². The van der Waals surface area contributed by atoms with Gasteiger partial charge >= 0.3 is 0 Å². The topological polar surface area (TPSA) is 50.4 Å². The monoisotopic (exact) mass is 321 g/mol. The number of alkyl halides is 1. The van der Waals surface area contributed by atoms with E-state index in [1.165, 1.54) is 5.57 Å². The second-order valence-electron chi connectivity index (χ2n) is 6.80. The van der Waals surface area contributed by atoms with E-state index in [9.17, 15) is 4.39 Å². The van der Waals surface area contributed by atoms with Crippen LogP contribution in [0.2, 0.25) is 0 Å². The molecule has 1 aliphatic heterocycles. The Balaban J connectivity index is 1.93. The van der Waals surface area contributed by atoms with E-state index in [2.05, 4.69) is 22.5 Å². The van der Waals surface area contributed by atoms with Crippen molar-refractivity contribution in [3.63, 3.8) is 0 Å². The van der Waals surface area contributed by atoms with E-state index in [0.29, 0.717) is 18.5 Å². The molecule has 1 aliphatic carbocycles. The average Bonchev–Trinajstić information content (AvgIpc) is 2.57. The number of hydrogen-bond donors (Lipinski definition) is 2. The van der Waals surface area contributed by atoms with Gasteiger partial charge in [0.25, 0.3) is 0 Å². The molecule has 0 saturated heterocycles. The highest BCUT2D eigenvalue weighted by Gasteiger charge is 2.30. The third kappa shape index (κ3) is 5.25. The standard InChI is InChI=1S/C19H32FN3/c1-3-22-17(13-21)8-4-6-15-7-5-11-23-19(15)16-9-10-18(20)14(2)12-16/h7,9-10,14,16,18-19,23H,3-6,8,11-13,21H2,1-2H3. The molecule has 4 heteroatoms. The first kappa shape index (κ1) is 18.3. The van der Waals surface area contributed by atoms with E-state index < -0.39 is 6.17 Å². The molecule has 0 radical (unpaired) electrons. The Morgan fingerprint density at radius 2 is 2.26 bits per heavy atom. The quantitative estimate of drug-likeness (QED) is 0.557. The normalized spacial score (nSPS) is 32.0. The molecule has 0 fully saturated rings. The fourth-order valence-electron chi connectivity index (χ4n) is 3.73. The molecule has 0 spiro atoms. The minimum atomic E-state index is -0.778. The Labute approximate surface area is 140 Å². The molecule has 0 aromatic carbocycles. The first-order valence-corrected chi connectivity index (χ1v) is 9.12. The number of nitrogens with two attached hydrogens (primary N) is 1. The molecule has 0 saturated carbocycles. The first-order valence-electron chi connectivity index (χ1n) is 9.12. The van der Waals surface area contributed by atoms with E-state index in [4.69, 9.17) is 5.73 Å². The third-order valence-electron chi connectivity index (χ3n) is 5.02.